The van der Waals surface area contributed by atoms with Gasteiger partial charge in [0.1, 0.15) is 5.76 Å². The summed E-state index contributed by atoms with van der Waals surface area (Å²) in [5, 5.41) is 8.66. The van der Waals surface area contributed by atoms with E-state index in [2.05, 4.69) is 0 Å². The van der Waals surface area contributed by atoms with Gasteiger partial charge in [-0.1, -0.05) is 0 Å². The maximum atomic E-state index is 11.5. The van der Waals surface area contributed by atoms with E-state index in [0.29, 0.717) is 0 Å². The van der Waals surface area contributed by atoms with Crippen LogP contribution in [0.25, 0.3) is 0 Å². The Morgan fingerprint density at radius 1 is 1.35 bits per heavy atom. The Hall–Kier alpha value is -1.76. The number of thioether (sulfide) groups is 1. The standard InChI is InChI=1S/C10H9NO5S/c12-8-4-17-5-9(13)11(8)3-6-1-2-7(16-6)10(14)15/h1-2H,3-5H2,(H,14,15). The van der Waals surface area contributed by atoms with Gasteiger partial charge in [0.25, 0.3) is 0 Å². The first-order valence-corrected chi connectivity index (χ1v) is 5.96. The topological polar surface area (TPSA) is 87.8 Å². The summed E-state index contributed by atoms with van der Waals surface area (Å²) in [5.41, 5.74) is 0. The number of aromatic carboxylic acids is 1. The molecular weight excluding hydrogens is 246 g/mol. The second kappa shape index (κ2) is 4.62. The van der Waals surface area contributed by atoms with Gasteiger partial charge in [0, 0.05) is 0 Å². The molecule has 0 atom stereocenters. The van der Waals surface area contributed by atoms with Gasteiger partial charge < -0.3 is 9.52 Å². The molecule has 1 aromatic heterocycles. The summed E-state index contributed by atoms with van der Waals surface area (Å²) in [6.07, 6.45) is 0. The van der Waals surface area contributed by atoms with Gasteiger partial charge in [0.2, 0.25) is 17.6 Å². The predicted molar refractivity (Wildman–Crippen MR) is 58.5 cm³/mol. The van der Waals surface area contributed by atoms with Crippen molar-refractivity contribution in [3.63, 3.8) is 0 Å². The van der Waals surface area contributed by atoms with E-state index in [1.165, 1.54) is 23.9 Å². The number of amides is 2. The average Bonchev–Trinajstić information content (AvgIpc) is 2.72. The van der Waals surface area contributed by atoms with Crippen LogP contribution in [0.3, 0.4) is 0 Å². The summed E-state index contributed by atoms with van der Waals surface area (Å²) in [4.78, 5) is 34.6. The van der Waals surface area contributed by atoms with Gasteiger partial charge in [-0.15, -0.1) is 11.8 Å². The number of hydrogen-bond acceptors (Lipinski definition) is 5. The normalized spacial score (nSPS) is 16.4. The van der Waals surface area contributed by atoms with E-state index in [0.717, 1.165) is 4.90 Å². The Kier molecular flexibility index (Phi) is 3.19. The number of nitrogens with zero attached hydrogens (tertiary/aromatic N) is 1. The van der Waals surface area contributed by atoms with Crippen LogP contribution in [0.15, 0.2) is 16.5 Å². The molecule has 0 aromatic carbocycles. The molecule has 2 amide bonds. The molecule has 0 spiro atoms. The molecule has 1 fully saturated rings. The van der Waals surface area contributed by atoms with Gasteiger partial charge >= 0.3 is 5.97 Å². The third-order valence-electron chi connectivity index (χ3n) is 2.24. The lowest BCUT2D eigenvalue weighted by Gasteiger charge is -2.23. The van der Waals surface area contributed by atoms with Crippen LogP contribution >= 0.6 is 11.8 Å². The van der Waals surface area contributed by atoms with Gasteiger partial charge in [-0.25, -0.2) is 4.79 Å². The summed E-state index contributed by atoms with van der Waals surface area (Å²) in [7, 11) is 0. The molecule has 1 saturated heterocycles. The highest BCUT2D eigenvalue weighted by Gasteiger charge is 2.27. The van der Waals surface area contributed by atoms with E-state index in [4.69, 9.17) is 9.52 Å². The maximum absolute atomic E-state index is 11.5. The lowest BCUT2D eigenvalue weighted by molar-refractivity contribution is -0.143. The predicted octanol–water partition coefficient (Wildman–Crippen LogP) is 0.580. The third kappa shape index (κ3) is 2.50. The molecule has 1 N–H and O–H groups in total. The van der Waals surface area contributed by atoms with E-state index in [9.17, 15) is 14.4 Å². The Morgan fingerprint density at radius 2 is 2.00 bits per heavy atom. The van der Waals surface area contributed by atoms with Crippen LogP contribution in [0.4, 0.5) is 0 Å². The fraction of sp³-hybridized carbons (Fsp3) is 0.300. The lowest BCUT2D eigenvalue weighted by Crippen LogP contribution is -2.42. The number of hydrogen-bond donors (Lipinski definition) is 1. The van der Waals surface area contributed by atoms with Crippen molar-refractivity contribution in [2.45, 2.75) is 6.54 Å². The molecule has 0 unspecified atom stereocenters. The first-order valence-electron chi connectivity index (χ1n) is 4.81. The van der Waals surface area contributed by atoms with Crippen LogP contribution < -0.4 is 0 Å². The highest BCUT2D eigenvalue weighted by molar-refractivity contribution is 8.00. The second-order valence-corrected chi connectivity index (χ2v) is 4.42. The van der Waals surface area contributed by atoms with Crippen LogP contribution in [-0.2, 0) is 16.1 Å². The lowest BCUT2D eigenvalue weighted by atomic mass is 10.3. The molecule has 0 saturated carbocycles. The highest BCUT2D eigenvalue weighted by atomic mass is 32.2. The van der Waals surface area contributed by atoms with E-state index >= 15 is 0 Å². The summed E-state index contributed by atoms with van der Waals surface area (Å²) < 4.78 is 4.99. The van der Waals surface area contributed by atoms with Crippen LogP contribution in [0.2, 0.25) is 0 Å². The van der Waals surface area contributed by atoms with Gasteiger partial charge in [-0.3, -0.25) is 14.5 Å². The number of imide groups is 1. The molecule has 2 rings (SSSR count). The van der Waals surface area contributed by atoms with Crippen molar-refractivity contribution in [2.75, 3.05) is 11.5 Å². The zero-order valence-corrected chi connectivity index (χ0v) is 9.53. The Bertz CT molecular complexity index is 465. The van der Waals surface area contributed by atoms with Crippen molar-refractivity contribution in [1.82, 2.24) is 4.90 Å². The van der Waals surface area contributed by atoms with Crippen LogP contribution in [0.1, 0.15) is 16.3 Å². The van der Waals surface area contributed by atoms with Crippen molar-refractivity contribution >= 4 is 29.5 Å². The average molecular weight is 255 g/mol. The maximum Gasteiger partial charge on any atom is 0.371 e. The van der Waals surface area contributed by atoms with E-state index in [-0.39, 0.29) is 41.4 Å². The third-order valence-corrected chi connectivity index (χ3v) is 3.14. The molecule has 0 aliphatic carbocycles. The number of carboxylic acid groups (broad SMARTS) is 1. The van der Waals surface area contributed by atoms with Crippen LogP contribution in [-0.4, -0.2) is 39.3 Å². The molecule has 1 aliphatic rings. The van der Waals surface area contributed by atoms with E-state index < -0.39 is 5.97 Å². The zero-order chi connectivity index (χ0) is 12.4. The minimum Gasteiger partial charge on any atom is -0.475 e. The molecule has 2 heterocycles. The van der Waals surface area contributed by atoms with Crippen LogP contribution in [0.5, 0.6) is 0 Å². The van der Waals surface area contributed by atoms with Gasteiger partial charge in [-0.05, 0) is 12.1 Å². The van der Waals surface area contributed by atoms with Gasteiger partial charge in [0.05, 0.1) is 18.1 Å². The highest BCUT2D eigenvalue weighted by Crippen LogP contribution is 2.17. The molecule has 7 heteroatoms. The number of carbonyl (C=O) groups is 3. The summed E-state index contributed by atoms with van der Waals surface area (Å²) in [6.45, 7) is -0.00843. The van der Waals surface area contributed by atoms with Crippen molar-refractivity contribution in [3.05, 3.63) is 23.7 Å². The summed E-state index contributed by atoms with van der Waals surface area (Å²) in [5.74, 6) is -1.12. The van der Waals surface area contributed by atoms with E-state index in [1.54, 1.807) is 0 Å². The quantitative estimate of drug-likeness (QED) is 0.795. The molecule has 0 radical (unpaired) electrons. The van der Waals surface area contributed by atoms with Crippen molar-refractivity contribution < 1.29 is 23.9 Å². The summed E-state index contributed by atoms with van der Waals surface area (Å²) >= 11 is 1.27. The van der Waals surface area contributed by atoms with Crippen LogP contribution in [0, 0.1) is 0 Å². The molecule has 0 bridgehead atoms. The monoisotopic (exact) mass is 255 g/mol. The van der Waals surface area contributed by atoms with E-state index in [1.807, 2.05) is 0 Å². The van der Waals surface area contributed by atoms with Gasteiger partial charge in [-0.2, -0.15) is 0 Å². The van der Waals surface area contributed by atoms with Gasteiger partial charge in [0.15, 0.2) is 0 Å². The number of carbonyl (C=O) groups excluding carboxylic acids is 2. The minimum atomic E-state index is -1.18. The smallest absolute Gasteiger partial charge is 0.371 e. The molecular formula is C10H9NO5S. The number of rotatable bonds is 3. The minimum absolute atomic E-state index is 0.00843. The molecule has 90 valence electrons. The first-order chi connectivity index (χ1) is 8.08. The number of furan rings is 1. The van der Waals surface area contributed by atoms with Crippen molar-refractivity contribution in [2.24, 2.45) is 0 Å². The number of carboxylic acids is 1. The fourth-order valence-corrected chi connectivity index (χ4v) is 2.19. The Morgan fingerprint density at radius 3 is 2.53 bits per heavy atom. The Labute approximate surface area is 101 Å². The largest absolute Gasteiger partial charge is 0.475 e. The molecule has 1 aliphatic heterocycles. The molecule has 6 nitrogen and oxygen atoms in total. The molecule has 17 heavy (non-hydrogen) atoms. The summed E-state index contributed by atoms with van der Waals surface area (Å²) in [6, 6.07) is 2.75. The fourth-order valence-electron chi connectivity index (χ4n) is 1.43. The van der Waals surface area contributed by atoms with Crippen molar-refractivity contribution in [3.8, 4) is 0 Å². The van der Waals surface area contributed by atoms with Crippen molar-refractivity contribution in [1.29, 1.82) is 0 Å². The first kappa shape index (κ1) is 11.7. The second-order valence-electron chi connectivity index (χ2n) is 3.44. The SMILES string of the molecule is O=C(O)c1ccc(CN2C(=O)CSCC2=O)o1. The Balaban J connectivity index is 2.11. The zero-order valence-electron chi connectivity index (χ0n) is 8.71. The molecule has 1 aromatic rings.